The van der Waals surface area contributed by atoms with Crippen LogP contribution in [0, 0.1) is 0 Å². The largest absolute Gasteiger partial charge is 0.448 e. The number of carbonyl (C=O) groups is 1. The Morgan fingerprint density at radius 3 is 2.50 bits per heavy atom. The number of nitrogens with one attached hydrogen (secondary N) is 1. The summed E-state index contributed by atoms with van der Waals surface area (Å²) in [6.45, 7) is 1.19. The molecule has 3 nitrogen and oxygen atoms in total. The molecular formula is C3H7NO2PS+. The SMILES string of the molecule is O=C1NCCO1.[PH2+]=S. The lowest BCUT2D eigenvalue weighted by molar-refractivity contribution is 0.178. The first-order valence-electron chi connectivity index (χ1n) is 2.04. The highest BCUT2D eigenvalue weighted by molar-refractivity contribution is 7.88. The number of hydrogen-bond acceptors (Lipinski definition) is 3. The molecule has 1 unspecified atom stereocenters. The van der Waals surface area contributed by atoms with E-state index >= 15 is 0 Å². The highest BCUT2D eigenvalue weighted by Crippen LogP contribution is 1.82. The van der Waals surface area contributed by atoms with Crippen molar-refractivity contribution >= 4 is 25.9 Å². The fourth-order valence-corrected chi connectivity index (χ4v) is 0.348. The van der Waals surface area contributed by atoms with Gasteiger partial charge in [-0.2, -0.15) is 0 Å². The number of carbonyl (C=O) groups excluding carboxylic acids is 1. The summed E-state index contributed by atoms with van der Waals surface area (Å²) in [6, 6.07) is 0. The average Bonchev–Trinajstić information content (AvgIpc) is 2.24. The van der Waals surface area contributed by atoms with E-state index in [0.29, 0.717) is 13.2 Å². The summed E-state index contributed by atoms with van der Waals surface area (Å²) in [7, 11) is 2.00. The zero-order chi connectivity index (χ0) is 6.41. The number of ether oxygens (including phenoxy) is 1. The predicted molar refractivity (Wildman–Crippen MR) is 36.4 cm³/mol. The van der Waals surface area contributed by atoms with Crippen LogP contribution in [0.3, 0.4) is 0 Å². The van der Waals surface area contributed by atoms with E-state index < -0.39 is 0 Å². The normalized spacial score (nSPS) is 15.2. The highest BCUT2D eigenvalue weighted by atomic mass is 32.4. The molecule has 0 aromatic rings. The molecule has 0 aliphatic carbocycles. The first-order valence-corrected chi connectivity index (χ1v) is 3.92. The van der Waals surface area contributed by atoms with Gasteiger partial charge in [0.2, 0.25) is 0 Å². The topological polar surface area (TPSA) is 38.3 Å². The second-order valence-electron chi connectivity index (χ2n) is 1.06. The lowest BCUT2D eigenvalue weighted by Crippen LogP contribution is -2.11. The molecule has 1 saturated heterocycles. The average molecular weight is 152 g/mol. The fraction of sp³-hybridized carbons (Fsp3) is 0.667. The van der Waals surface area contributed by atoms with E-state index in [1.165, 1.54) is 0 Å². The molecule has 1 N–H and O–H groups in total. The lowest BCUT2D eigenvalue weighted by atomic mass is 10.7. The van der Waals surface area contributed by atoms with E-state index in [1.54, 1.807) is 0 Å². The van der Waals surface area contributed by atoms with Gasteiger partial charge in [0.1, 0.15) is 14.6 Å². The van der Waals surface area contributed by atoms with E-state index in [1.807, 2.05) is 8.02 Å². The van der Waals surface area contributed by atoms with Crippen LogP contribution in [0.5, 0.6) is 0 Å². The molecule has 0 saturated carbocycles. The van der Waals surface area contributed by atoms with Crippen LogP contribution >= 0.6 is 8.02 Å². The zero-order valence-electron chi connectivity index (χ0n) is 4.22. The summed E-state index contributed by atoms with van der Waals surface area (Å²) in [4.78, 5) is 9.91. The third kappa shape index (κ3) is 2.88. The molecule has 0 aromatic carbocycles. The van der Waals surface area contributed by atoms with E-state index in [9.17, 15) is 4.79 Å². The molecule has 1 rings (SSSR count). The van der Waals surface area contributed by atoms with Gasteiger partial charge in [-0.25, -0.2) is 4.79 Å². The Morgan fingerprint density at radius 1 is 1.75 bits per heavy atom. The quantitative estimate of drug-likeness (QED) is 0.498. The van der Waals surface area contributed by atoms with Crippen LogP contribution in [0.4, 0.5) is 4.79 Å². The van der Waals surface area contributed by atoms with Gasteiger partial charge in [-0.1, -0.05) is 0 Å². The third-order valence-corrected chi connectivity index (χ3v) is 0.605. The van der Waals surface area contributed by atoms with Crippen molar-refractivity contribution in [2.75, 3.05) is 13.2 Å². The standard InChI is InChI=1S/C3H5NO2.HPS/c5-3-4-1-2-6-3;1-2/h1-2H2,(H,4,5);1H/p+1. The molecule has 1 aliphatic rings. The van der Waals surface area contributed by atoms with Crippen LogP contribution in [0.25, 0.3) is 0 Å². The van der Waals surface area contributed by atoms with Crippen LogP contribution in [0.1, 0.15) is 0 Å². The Balaban J connectivity index is 0.000000222. The van der Waals surface area contributed by atoms with Gasteiger partial charge in [-0.15, -0.1) is 0 Å². The number of amides is 1. The molecule has 1 amide bonds. The van der Waals surface area contributed by atoms with Crippen molar-refractivity contribution in [2.24, 2.45) is 0 Å². The van der Waals surface area contributed by atoms with Crippen molar-refractivity contribution in [2.45, 2.75) is 0 Å². The zero-order valence-corrected chi connectivity index (χ0v) is 6.19. The molecule has 0 aromatic heterocycles. The molecule has 1 heterocycles. The summed E-state index contributed by atoms with van der Waals surface area (Å²) in [5, 5.41) is 2.46. The number of cyclic esters (lactones) is 1. The van der Waals surface area contributed by atoms with Crippen molar-refractivity contribution in [1.82, 2.24) is 5.32 Å². The van der Waals surface area contributed by atoms with Gasteiger partial charge >= 0.3 is 6.09 Å². The van der Waals surface area contributed by atoms with Crippen molar-refractivity contribution in [3.8, 4) is 0 Å². The fourth-order valence-electron chi connectivity index (χ4n) is 0.348. The summed E-state index contributed by atoms with van der Waals surface area (Å²) < 4.78 is 4.40. The first-order chi connectivity index (χ1) is 3.89. The van der Waals surface area contributed by atoms with Crippen LogP contribution in [-0.4, -0.2) is 19.2 Å². The van der Waals surface area contributed by atoms with Crippen molar-refractivity contribution in [1.29, 1.82) is 0 Å². The maximum Gasteiger partial charge on any atom is 0.407 e. The van der Waals surface area contributed by atoms with Crippen LogP contribution < -0.4 is 5.32 Å². The molecule has 5 heteroatoms. The Morgan fingerprint density at radius 2 is 2.38 bits per heavy atom. The van der Waals surface area contributed by atoms with E-state index in [4.69, 9.17) is 0 Å². The van der Waals surface area contributed by atoms with Gasteiger partial charge in [-0.3, -0.25) is 0 Å². The van der Waals surface area contributed by atoms with Crippen molar-refractivity contribution in [3.63, 3.8) is 0 Å². The molecule has 46 valence electrons. The van der Waals surface area contributed by atoms with Crippen molar-refractivity contribution in [3.05, 3.63) is 0 Å². The van der Waals surface area contributed by atoms with Gasteiger partial charge < -0.3 is 10.1 Å². The third-order valence-electron chi connectivity index (χ3n) is 0.605. The van der Waals surface area contributed by atoms with Crippen LogP contribution in [-0.2, 0) is 16.5 Å². The van der Waals surface area contributed by atoms with Gasteiger partial charge in [0.05, 0.1) is 6.54 Å². The molecule has 8 heavy (non-hydrogen) atoms. The second kappa shape index (κ2) is 4.94. The first kappa shape index (κ1) is 7.79. The number of alkyl carbamates (subject to hydrolysis) is 1. The summed E-state index contributed by atoms with van der Waals surface area (Å²) in [5.41, 5.74) is 0. The Kier molecular flexibility index (Phi) is 4.81. The minimum Gasteiger partial charge on any atom is -0.448 e. The Hall–Kier alpha value is -0.210. The van der Waals surface area contributed by atoms with Gasteiger partial charge in [-0.05, 0) is 0 Å². The Bertz CT molecular complexity index is 81.4. The van der Waals surface area contributed by atoms with Crippen LogP contribution in [0.2, 0.25) is 0 Å². The van der Waals surface area contributed by atoms with E-state index in [0.717, 1.165) is 0 Å². The van der Waals surface area contributed by atoms with E-state index in [2.05, 4.69) is 21.9 Å². The smallest absolute Gasteiger partial charge is 0.407 e. The Labute approximate surface area is 54.7 Å². The lowest BCUT2D eigenvalue weighted by Gasteiger charge is -1.80. The second-order valence-corrected chi connectivity index (χ2v) is 1.06. The minimum absolute atomic E-state index is 0.296. The summed E-state index contributed by atoms with van der Waals surface area (Å²) >= 11 is 4.00. The van der Waals surface area contributed by atoms with Crippen LogP contribution in [0.15, 0.2) is 0 Å². The predicted octanol–water partition coefficient (Wildman–Crippen LogP) is 0.0496. The molecule has 1 aliphatic heterocycles. The van der Waals surface area contributed by atoms with E-state index in [-0.39, 0.29) is 6.09 Å². The van der Waals surface area contributed by atoms with Gasteiger partial charge in [0.25, 0.3) is 0 Å². The number of hydrogen-bond donors (Lipinski definition) is 1. The molecule has 1 fully saturated rings. The highest BCUT2D eigenvalue weighted by Gasteiger charge is 2.06. The maximum atomic E-state index is 9.91. The monoisotopic (exact) mass is 152 g/mol. The minimum atomic E-state index is -0.296. The molecular weight excluding hydrogens is 145 g/mol. The molecule has 0 bridgehead atoms. The summed E-state index contributed by atoms with van der Waals surface area (Å²) in [5.74, 6) is 0. The van der Waals surface area contributed by atoms with Gasteiger partial charge in [0, 0.05) is 0 Å². The maximum absolute atomic E-state index is 9.91. The van der Waals surface area contributed by atoms with Crippen molar-refractivity contribution < 1.29 is 9.53 Å². The molecule has 0 spiro atoms. The number of rotatable bonds is 0. The van der Waals surface area contributed by atoms with Gasteiger partial charge in [0.15, 0.2) is 11.8 Å². The molecule has 1 atom stereocenters. The summed E-state index contributed by atoms with van der Waals surface area (Å²) in [6.07, 6.45) is -0.296. The molecule has 0 radical (unpaired) electrons.